The summed E-state index contributed by atoms with van der Waals surface area (Å²) in [6, 6.07) is 11.9. The summed E-state index contributed by atoms with van der Waals surface area (Å²) < 4.78 is 1.45. The van der Waals surface area contributed by atoms with Gasteiger partial charge in [0.05, 0.1) is 5.69 Å². The maximum atomic E-state index is 13.2. The number of carbonyl (C=O) groups excluding carboxylic acids is 1. The molecule has 0 spiro atoms. The Bertz CT molecular complexity index is 1210. The predicted molar refractivity (Wildman–Crippen MR) is 128 cm³/mol. The van der Waals surface area contributed by atoms with Crippen LogP contribution in [-0.4, -0.2) is 57.5 Å². The molecule has 1 aliphatic heterocycles. The molecule has 172 valence electrons. The first-order valence-corrected chi connectivity index (χ1v) is 11.3. The van der Waals surface area contributed by atoms with E-state index < -0.39 is 0 Å². The van der Waals surface area contributed by atoms with Gasteiger partial charge in [0.15, 0.2) is 0 Å². The Labute approximate surface area is 193 Å². The van der Waals surface area contributed by atoms with Crippen LogP contribution in [0.5, 0.6) is 0 Å². The Kier molecular flexibility index (Phi) is 6.53. The van der Waals surface area contributed by atoms with Gasteiger partial charge in [-0.1, -0.05) is 30.3 Å². The highest BCUT2D eigenvalue weighted by molar-refractivity contribution is 5.76. The molecule has 4 rings (SSSR count). The molecule has 0 saturated carbocycles. The number of amides is 1. The molecule has 1 aliphatic rings. The van der Waals surface area contributed by atoms with Crippen molar-refractivity contribution >= 4 is 11.9 Å². The predicted octanol–water partition coefficient (Wildman–Crippen LogP) is 2.79. The molecule has 1 aromatic carbocycles. The second kappa shape index (κ2) is 9.52. The number of hydrogen-bond acceptors (Lipinski definition) is 6. The van der Waals surface area contributed by atoms with Gasteiger partial charge in [-0.2, -0.15) is 4.98 Å². The molecule has 1 saturated heterocycles. The van der Waals surface area contributed by atoms with E-state index >= 15 is 0 Å². The molecule has 0 radical (unpaired) electrons. The van der Waals surface area contributed by atoms with E-state index in [2.05, 4.69) is 22.1 Å². The maximum Gasteiger partial charge on any atom is 0.348 e. The highest BCUT2D eigenvalue weighted by Gasteiger charge is 2.28. The molecule has 1 amide bonds. The molecular formula is C25H30N6O2. The number of anilines is 1. The molecule has 2 aromatic heterocycles. The summed E-state index contributed by atoms with van der Waals surface area (Å²) >= 11 is 0. The maximum absolute atomic E-state index is 13.2. The van der Waals surface area contributed by atoms with Crippen LogP contribution in [0.15, 0.2) is 47.4 Å². The van der Waals surface area contributed by atoms with Crippen molar-refractivity contribution in [2.24, 2.45) is 0 Å². The first-order valence-electron chi connectivity index (χ1n) is 11.3. The summed E-state index contributed by atoms with van der Waals surface area (Å²) in [4.78, 5) is 42.7. The average Bonchev–Trinajstić information content (AvgIpc) is 2.81. The number of rotatable bonds is 5. The SMILES string of the molecule is Cc1cc(C)n(CC(=O)N2CCC[C@@H](c3nc(N(C)C)ncc3-c3ccccc3)C2)c(=O)n1. The Hall–Kier alpha value is -3.55. The smallest absolute Gasteiger partial charge is 0.347 e. The first kappa shape index (κ1) is 22.6. The third-order valence-electron chi connectivity index (χ3n) is 6.09. The Balaban J connectivity index is 1.61. The molecule has 1 fully saturated rings. The van der Waals surface area contributed by atoms with Crippen molar-refractivity contribution in [3.63, 3.8) is 0 Å². The number of carbonyl (C=O) groups is 1. The highest BCUT2D eigenvalue weighted by Crippen LogP contribution is 2.34. The molecule has 8 heteroatoms. The van der Waals surface area contributed by atoms with Crippen LogP contribution in [-0.2, 0) is 11.3 Å². The van der Waals surface area contributed by atoms with Gasteiger partial charge in [0.25, 0.3) is 0 Å². The van der Waals surface area contributed by atoms with Gasteiger partial charge in [0.2, 0.25) is 11.9 Å². The lowest BCUT2D eigenvalue weighted by molar-refractivity contribution is -0.133. The van der Waals surface area contributed by atoms with Crippen LogP contribution in [0.1, 0.15) is 35.8 Å². The van der Waals surface area contributed by atoms with Crippen molar-refractivity contribution in [2.75, 3.05) is 32.1 Å². The lowest BCUT2D eigenvalue weighted by atomic mass is 9.90. The fraction of sp³-hybridized carbons (Fsp3) is 0.400. The third kappa shape index (κ3) is 4.94. The molecule has 0 N–H and O–H groups in total. The number of benzene rings is 1. The standard InChI is InChI=1S/C25H30N6O2/c1-17-13-18(2)31(25(33)27-17)16-22(32)30-12-8-11-20(15-30)23-21(19-9-6-5-7-10-19)14-26-24(28-23)29(3)4/h5-7,9-10,13-14,20H,8,11-12,15-16H2,1-4H3/t20-/m1/s1. The molecule has 3 aromatic rings. The molecule has 0 bridgehead atoms. The molecule has 8 nitrogen and oxygen atoms in total. The fourth-order valence-electron chi connectivity index (χ4n) is 4.38. The van der Waals surface area contributed by atoms with Crippen molar-refractivity contribution in [1.82, 2.24) is 24.4 Å². The molecule has 0 unspecified atom stereocenters. The van der Waals surface area contributed by atoms with Crippen LogP contribution in [0, 0.1) is 13.8 Å². The van der Waals surface area contributed by atoms with Gasteiger partial charge in [-0.05, 0) is 38.3 Å². The second-order valence-corrected chi connectivity index (χ2v) is 8.82. The minimum Gasteiger partial charge on any atom is -0.347 e. The Morgan fingerprint density at radius 3 is 2.61 bits per heavy atom. The quantitative estimate of drug-likeness (QED) is 0.599. The van der Waals surface area contributed by atoms with E-state index in [0.717, 1.165) is 35.4 Å². The van der Waals surface area contributed by atoms with E-state index in [1.807, 2.05) is 61.3 Å². The lowest BCUT2D eigenvalue weighted by Crippen LogP contribution is -2.43. The van der Waals surface area contributed by atoms with Gasteiger partial charge in [-0.25, -0.2) is 14.8 Å². The average molecular weight is 447 g/mol. The number of likely N-dealkylation sites (tertiary alicyclic amines) is 1. The van der Waals surface area contributed by atoms with Crippen molar-refractivity contribution in [3.8, 4) is 11.1 Å². The highest BCUT2D eigenvalue weighted by atomic mass is 16.2. The summed E-state index contributed by atoms with van der Waals surface area (Å²) in [5, 5.41) is 0. The van der Waals surface area contributed by atoms with E-state index in [9.17, 15) is 9.59 Å². The number of nitrogens with zero attached hydrogens (tertiary/aromatic N) is 6. The van der Waals surface area contributed by atoms with E-state index in [4.69, 9.17) is 4.98 Å². The lowest BCUT2D eigenvalue weighted by Gasteiger charge is -2.33. The minimum absolute atomic E-state index is 0.00291. The van der Waals surface area contributed by atoms with Crippen molar-refractivity contribution < 1.29 is 4.79 Å². The third-order valence-corrected chi connectivity index (χ3v) is 6.09. The Morgan fingerprint density at radius 2 is 1.91 bits per heavy atom. The monoisotopic (exact) mass is 446 g/mol. The largest absolute Gasteiger partial charge is 0.348 e. The van der Waals surface area contributed by atoms with Crippen LogP contribution in [0.25, 0.3) is 11.1 Å². The summed E-state index contributed by atoms with van der Waals surface area (Å²) in [5.41, 5.74) is 4.04. The number of hydrogen-bond donors (Lipinski definition) is 0. The summed E-state index contributed by atoms with van der Waals surface area (Å²) in [6.45, 7) is 4.86. The summed E-state index contributed by atoms with van der Waals surface area (Å²) in [6.07, 6.45) is 3.71. The zero-order valence-corrected chi connectivity index (χ0v) is 19.7. The van der Waals surface area contributed by atoms with Gasteiger partial charge in [0.1, 0.15) is 6.54 Å². The minimum atomic E-state index is -0.382. The number of piperidine rings is 1. The molecule has 0 aliphatic carbocycles. The van der Waals surface area contributed by atoms with Gasteiger partial charge in [-0.3, -0.25) is 9.36 Å². The van der Waals surface area contributed by atoms with Gasteiger partial charge in [0, 0.05) is 56.3 Å². The molecule has 1 atom stereocenters. The van der Waals surface area contributed by atoms with Crippen molar-refractivity contribution in [1.29, 1.82) is 0 Å². The number of aryl methyl sites for hydroxylation is 2. The fourth-order valence-corrected chi connectivity index (χ4v) is 4.38. The van der Waals surface area contributed by atoms with E-state index in [1.54, 1.807) is 6.92 Å². The van der Waals surface area contributed by atoms with Gasteiger partial charge < -0.3 is 9.80 Å². The number of aromatic nitrogens is 4. The van der Waals surface area contributed by atoms with Crippen LogP contribution >= 0.6 is 0 Å². The van der Waals surface area contributed by atoms with Crippen LogP contribution in [0.2, 0.25) is 0 Å². The second-order valence-electron chi connectivity index (χ2n) is 8.82. The first-order chi connectivity index (χ1) is 15.8. The molecule has 33 heavy (non-hydrogen) atoms. The van der Waals surface area contributed by atoms with E-state index in [0.29, 0.717) is 24.7 Å². The van der Waals surface area contributed by atoms with E-state index in [-0.39, 0.29) is 24.1 Å². The van der Waals surface area contributed by atoms with Gasteiger partial charge in [-0.15, -0.1) is 0 Å². The van der Waals surface area contributed by atoms with Crippen LogP contribution in [0.3, 0.4) is 0 Å². The molecule has 3 heterocycles. The zero-order chi connectivity index (χ0) is 23.5. The summed E-state index contributed by atoms with van der Waals surface area (Å²) in [5.74, 6) is 0.674. The van der Waals surface area contributed by atoms with Crippen molar-refractivity contribution in [2.45, 2.75) is 39.2 Å². The molecular weight excluding hydrogens is 416 g/mol. The zero-order valence-electron chi connectivity index (χ0n) is 19.7. The van der Waals surface area contributed by atoms with Crippen LogP contribution in [0.4, 0.5) is 5.95 Å². The normalized spacial score (nSPS) is 16.0. The summed E-state index contributed by atoms with van der Waals surface area (Å²) in [7, 11) is 3.85. The Morgan fingerprint density at radius 1 is 1.15 bits per heavy atom. The van der Waals surface area contributed by atoms with Crippen molar-refractivity contribution in [3.05, 3.63) is 70.2 Å². The van der Waals surface area contributed by atoms with Crippen LogP contribution < -0.4 is 10.6 Å². The topological polar surface area (TPSA) is 84.2 Å². The van der Waals surface area contributed by atoms with E-state index in [1.165, 1.54) is 4.57 Å². The van der Waals surface area contributed by atoms with Gasteiger partial charge >= 0.3 is 5.69 Å².